The van der Waals surface area contributed by atoms with Crippen molar-refractivity contribution in [3.8, 4) is 0 Å². The molecule has 4 rings (SSSR count). The molecule has 1 atom stereocenters. The van der Waals surface area contributed by atoms with Gasteiger partial charge in [0.15, 0.2) is 0 Å². The van der Waals surface area contributed by atoms with E-state index < -0.39 is 21.9 Å². The third-order valence-electron chi connectivity index (χ3n) is 6.56. The van der Waals surface area contributed by atoms with Gasteiger partial charge in [-0.2, -0.15) is 4.31 Å². The molecule has 2 aromatic carbocycles. The summed E-state index contributed by atoms with van der Waals surface area (Å²) in [5.74, 6) is -0.932. The van der Waals surface area contributed by atoms with Crippen LogP contribution in [0.4, 0.5) is 11.4 Å². The van der Waals surface area contributed by atoms with E-state index >= 15 is 0 Å². The standard InChI is InChI=1S/C25H31N3O5S/c1-18-8-3-4-15-28(18)34(31,32)21-10-7-9-19(16-21)24(29)26-22-17-20(25(30)33-2)11-12-23(22)27-13-5-6-14-27/h7,9-12,16-18H,3-6,8,13-15H2,1-2H3,(H,26,29). The van der Waals surface area contributed by atoms with Gasteiger partial charge < -0.3 is 15.0 Å². The fourth-order valence-corrected chi connectivity index (χ4v) is 6.42. The molecule has 34 heavy (non-hydrogen) atoms. The van der Waals surface area contributed by atoms with E-state index in [1.54, 1.807) is 24.3 Å². The Hall–Kier alpha value is -2.91. The predicted molar refractivity (Wildman–Crippen MR) is 131 cm³/mol. The minimum atomic E-state index is -3.70. The molecule has 2 aliphatic rings. The summed E-state index contributed by atoms with van der Waals surface area (Å²) >= 11 is 0. The second-order valence-corrected chi connectivity index (χ2v) is 10.8. The Morgan fingerprint density at radius 1 is 0.971 bits per heavy atom. The fourth-order valence-electron chi connectivity index (χ4n) is 4.67. The molecule has 2 saturated heterocycles. The summed E-state index contributed by atoms with van der Waals surface area (Å²) in [5, 5.41) is 2.89. The lowest BCUT2D eigenvalue weighted by Gasteiger charge is -2.32. The summed E-state index contributed by atoms with van der Waals surface area (Å²) in [5.41, 5.74) is 1.88. The van der Waals surface area contributed by atoms with Crippen LogP contribution >= 0.6 is 0 Å². The Labute approximate surface area is 200 Å². The molecular formula is C25H31N3O5S. The maximum absolute atomic E-state index is 13.2. The van der Waals surface area contributed by atoms with Crippen LogP contribution in [0.1, 0.15) is 59.7 Å². The lowest BCUT2D eigenvalue weighted by atomic mass is 10.1. The topological polar surface area (TPSA) is 96.0 Å². The van der Waals surface area contributed by atoms with Crippen LogP contribution in [0.5, 0.6) is 0 Å². The first-order valence-corrected chi connectivity index (χ1v) is 13.2. The lowest BCUT2D eigenvalue weighted by Crippen LogP contribution is -2.41. The normalized spacial score (nSPS) is 19.1. The van der Waals surface area contributed by atoms with Crippen molar-refractivity contribution < 1.29 is 22.7 Å². The molecule has 0 aromatic heterocycles. The molecule has 9 heteroatoms. The highest BCUT2D eigenvalue weighted by molar-refractivity contribution is 7.89. The number of ether oxygens (including phenoxy) is 1. The van der Waals surface area contributed by atoms with Crippen LogP contribution in [0.25, 0.3) is 0 Å². The van der Waals surface area contributed by atoms with E-state index in [-0.39, 0.29) is 16.5 Å². The Morgan fingerprint density at radius 3 is 2.41 bits per heavy atom. The quantitative estimate of drug-likeness (QED) is 0.624. The van der Waals surface area contributed by atoms with Gasteiger partial charge in [-0.15, -0.1) is 0 Å². The Bertz CT molecular complexity index is 1170. The third-order valence-corrected chi connectivity index (χ3v) is 8.57. The number of piperidine rings is 1. The van der Waals surface area contributed by atoms with Crippen LogP contribution in [-0.4, -0.2) is 57.4 Å². The van der Waals surface area contributed by atoms with Crippen LogP contribution < -0.4 is 10.2 Å². The van der Waals surface area contributed by atoms with Crippen LogP contribution in [0.15, 0.2) is 47.4 Å². The number of carbonyl (C=O) groups is 2. The fraction of sp³-hybridized carbons (Fsp3) is 0.440. The van der Waals surface area contributed by atoms with E-state index in [2.05, 4.69) is 10.2 Å². The second kappa shape index (κ2) is 10.1. The molecule has 182 valence electrons. The van der Waals surface area contributed by atoms with Crippen LogP contribution in [0.2, 0.25) is 0 Å². The first kappa shape index (κ1) is 24.2. The van der Waals surface area contributed by atoms with Gasteiger partial charge in [0.2, 0.25) is 10.0 Å². The highest BCUT2D eigenvalue weighted by Gasteiger charge is 2.31. The average Bonchev–Trinajstić information content (AvgIpc) is 3.38. The van der Waals surface area contributed by atoms with Crippen molar-refractivity contribution in [2.75, 3.05) is 37.0 Å². The number of carbonyl (C=O) groups excluding carboxylic acids is 2. The highest BCUT2D eigenvalue weighted by atomic mass is 32.2. The Morgan fingerprint density at radius 2 is 1.71 bits per heavy atom. The summed E-state index contributed by atoms with van der Waals surface area (Å²) in [4.78, 5) is 27.5. The monoisotopic (exact) mass is 485 g/mol. The summed E-state index contributed by atoms with van der Waals surface area (Å²) in [6, 6.07) is 11.2. The van der Waals surface area contributed by atoms with Gasteiger partial charge >= 0.3 is 5.97 Å². The van der Waals surface area contributed by atoms with Crippen molar-refractivity contribution in [1.29, 1.82) is 0 Å². The molecule has 1 N–H and O–H groups in total. The molecule has 0 spiro atoms. The molecule has 0 radical (unpaired) electrons. The molecule has 2 heterocycles. The van der Waals surface area contributed by atoms with E-state index in [0.717, 1.165) is 50.9 Å². The van der Waals surface area contributed by atoms with Crippen molar-refractivity contribution in [2.24, 2.45) is 0 Å². The number of methoxy groups -OCH3 is 1. The van der Waals surface area contributed by atoms with Gasteiger partial charge in [0.25, 0.3) is 5.91 Å². The zero-order valence-electron chi connectivity index (χ0n) is 19.6. The van der Waals surface area contributed by atoms with Crippen molar-refractivity contribution in [3.05, 3.63) is 53.6 Å². The molecule has 0 saturated carbocycles. The molecule has 1 unspecified atom stereocenters. The van der Waals surface area contributed by atoms with Gasteiger partial charge in [0, 0.05) is 31.2 Å². The van der Waals surface area contributed by atoms with Gasteiger partial charge in [-0.25, -0.2) is 13.2 Å². The number of hydrogen-bond donors (Lipinski definition) is 1. The molecule has 8 nitrogen and oxygen atoms in total. The van der Waals surface area contributed by atoms with Gasteiger partial charge in [0.05, 0.1) is 28.9 Å². The molecular weight excluding hydrogens is 454 g/mol. The largest absolute Gasteiger partial charge is 0.465 e. The Kier molecular flexibility index (Phi) is 7.23. The number of hydrogen-bond acceptors (Lipinski definition) is 6. The lowest BCUT2D eigenvalue weighted by molar-refractivity contribution is 0.0600. The summed E-state index contributed by atoms with van der Waals surface area (Å²) in [6.07, 6.45) is 4.79. The maximum atomic E-state index is 13.2. The van der Waals surface area contributed by atoms with Gasteiger partial charge in [-0.1, -0.05) is 12.5 Å². The third kappa shape index (κ3) is 4.95. The SMILES string of the molecule is COC(=O)c1ccc(N2CCCC2)c(NC(=O)c2cccc(S(=O)(=O)N3CCCCC3C)c2)c1. The zero-order valence-corrected chi connectivity index (χ0v) is 20.4. The molecule has 0 bridgehead atoms. The van der Waals surface area contributed by atoms with Crippen LogP contribution in [-0.2, 0) is 14.8 Å². The highest BCUT2D eigenvalue weighted by Crippen LogP contribution is 2.31. The summed E-state index contributed by atoms with van der Waals surface area (Å²) in [6.45, 7) is 4.13. The zero-order chi connectivity index (χ0) is 24.3. The number of benzene rings is 2. The number of esters is 1. The van der Waals surface area contributed by atoms with Crippen LogP contribution in [0, 0.1) is 0 Å². The van der Waals surface area contributed by atoms with Gasteiger partial charge in [0.1, 0.15) is 0 Å². The van der Waals surface area contributed by atoms with Crippen molar-refractivity contribution in [1.82, 2.24) is 4.31 Å². The van der Waals surface area contributed by atoms with Crippen molar-refractivity contribution in [2.45, 2.75) is 50.0 Å². The number of rotatable bonds is 6. The average molecular weight is 486 g/mol. The molecule has 2 fully saturated rings. The second-order valence-electron chi connectivity index (χ2n) is 8.86. The first-order valence-electron chi connectivity index (χ1n) is 11.7. The number of anilines is 2. The Balaban J connectivity index is 1.62. The van der Waals surface area contributed by atoms with E-state index in [4.69, 9.17) is 4.74 Å². The first-order chi connectivity index (χ1) is 16.3. The summed E-state index contributed by atoms with van der Waals surface area (Å²) in [7, 11) is -2.39. The van der Waals surface area contributed by atoms with E-state index in [1.807, 2.05) is 13.0 Å². The van der Waals surface area contributed by atoms with Gasteiger partial charge in [-0.05, 0) is 69.0 Å². The maximum Gasteiger partial charge on any atom is 0.337 e. The smallest absolute Gasteiger partial charge is 0.337 e. The number of sulfonamides is 1. The van der Waals surface area contributed by atoms with E-state index in [9.17, 15) is 18.0 Å². The number of amides is 1. The summed E-state index contributed by atoms with van der Waals surface area (Å²) < 4.78 is 32.9. The van der Waals surface area contributed by atoms with Crippen LogP contribution in [0.3, 0.4) is 0 Å². The number of nitrogens with one attached hydrogen (secondary N) is 1. The van der Waals surface area contributed by atoms with Gasteiger partial charge in [-0.3, -0.25) is 4.79 Å². The minimum absolute atomic E-state index is 0.0692. The molecule has 1 amide bonds. The van der Waals surface area contributed by atoms with Crippen molar-refractivity contribution >= 4 is 33.3 Å². The number of nitrogens with zero attached hydrogens (tertiary/aromatic N) is 2. The molecule has 2 aromatic rings. The van der Waals surface area contributed by atoms with E-state index in [1.165, 1.54) is 23.5 Å². The van der Waals surface area contributed by atoms with Crippen molar-refractivity contribution in [3.63, 3.8) is 0 Å². The minimum Gasteiger partial charge on any atom is -0.465 e. The van der Waals surface area contributed by atoms with E-state index in [0.29, 0.717) is 17.8 Å². The predicted octanol–water partition coefficient (Wildman–Crippen LogP) is 3.89. The molecule has 0 aliphatic carbocycles. The molecule has 2 aliphatic heterocycles.